The van der Waals surface area contributed by atoms with Gasteiger partial charge < -0.3 is 9.64 Å². The molecule has 22 heavy (non-hydrogen) atoms. The number of likely N-dealkylation sites (tertiary alicyclic amines) is 1. The van der Waals surface area contributed by atoms with E-state index in [2.05, 4.69) is 6.07 Å². The van der Waals surface area contributed by atoms with Gasteiger partial charge in [-0.2, -0.15) is 5.26 Å². The maximum absolute atomic E-state index is 12.1. The second kappa shape index (κ2) is 7.35. The largest absolute Gasteiger partial charge is 0.444 e. The molecule has 1 saturated heterocycles. The fourth-order valence-corrected chi connectivity index (χ4v) is 4.05. The Morgan fingerprint density at radius 2 is 1.73 bits per heavy atom. The molecule has 0 N–H and O–H groups in total. The van der Waals surface area contributed by atoms with E-state index < -0.39 is 5.60 Å². The minimum absolute atomic E-state index is 0.191. The molecule has 2 rings (SSSR count). The third-order valence-electron chi connectivity index (χ3n) is 5.13. The van der Waals surface area contributed by atoms with Gasteiger partial charge in [0.15, 0.2) is 0 Å². The highest BCUT2D eigenvalue weighted by molar-refractivity contribution is 5.68. The Hall–Kier alpha value is -1.24. The molecule has 0 aromatic carbocycles. The molecule has 124 valence electrons. The van der Waals surface area contributed by atoms with Crippen LogP contribution in [0.5, 0.6) is 0 Å². The van der Waals surface area contributed by atoms with Crippen LogP contribution in [0.4, 0.5) is 4.79 Å². The van der Waals surface area contributed by atoms with Gasteiger partial charge in [-0.05, 0) is 51.4 Å². The van der Waals surface area contributed by atoms with Crippen LogP contribution in [-0.4, -0.2) is 29.7 Å². The predicted molar refractivity (Wildman–Crippen MR) is 86.2 cm³/mol. The smallest absolute Gasteiger partial charge is 0.410 e. The third kappa shape index (κ3) is 4.63. The van der Waals surface area contributed by atoms with Crippen LogP contribution in [0, 0.1) is 29.1 Å². The molecular formula is C18H30N2O2. The number of nitriles is 1. The number of piperidine rings is 1. The molecule has 1 aliphatic heterocycles. The van der Waals surface area contributed by atoms with Gasteiger partial charge in [0.2, 0.25) is 0 Å². The topological polar surface area (TPSA) is 53.3 Å². The summed E-state index contributed by atoms with van der Waals surface area (Å²) in [6, 6.07) is 2.40. The van der Waals surface area contributed by atoms with Crippen molar-refractivity contribution < 1.29 is 9.53 Å². The summed E-state index contributed by atoms with van der Waals surface area (Å²) >= 11 is 0. The van der Waals surface area contributed by atoms with E-state index in [4.69, 9.17) is 10.00 Å². The van der Waals surface area contributed by atoms with Crippen molar-refractivity contribution in [3.8, 4) is 6.07 Å². The molecule has 1 amide bonds. The Bertz CT molecular complexity index is 408. The van der Waals surface area contributed by atoms with Gasteiger partial charge in [0.25, 0.3) is 0 Å². The van der Waals surface area contributed by atoms with Crippen molar-refractivity contribution in [2.24, 2.45) is 17.8 Å². The van der Waals surface area contributed by atoms with E-state index in [1.54, 1.807) is 0 Å². The van der Waals surface area contributed by atoms with Gasteiger partial charge in [-0.15, -0.1) is 0 Å². The Kier molecular flexibility index (Phi) is 5.72. The minimum Gasteiger partial charge on any atom is -0.444 e. The number of ether oxygens (including phenoxy) is 1. The number of carbonyl (C=O) groups excluding carboxylic acids is 1. The summed E-state index contributed by atoms with van der Waals surface area (Å²) in [5.74, 6) is 1.87. The highest BCUT2D eigenvalue weighted by Crippen LogP contribution is 2.40. The third-order valence-corrected chi connectivity index (χ3v) is 5.13. The van der Waals surface area contributed by atoms with Crippen molar-refractivity contribution >= 4 is 6.09 Å². The number of hydrogen-bond donors (Lipinski definition) is 0. The molecule has 0 radical (unpaired) electrons. The van der Waals surface area contributed by atoms with Crippen molar-refractivity contribution in [2.45, 2.75) is 71.3 Å². The lowest BCUT2D eigenvalue weighted by atomic mass is 9.74. The van der Waals surface area contributed by atoms with Gasteiger partial charge in [0.05, 0.1) is 6.07 Å². The summed E-state index contributed by atoms with van der Waals surface area (Å²) in [5.41, 5.74) is -0.429. The maximum Gasteiger partial charge on any atom is 0.410 e. The van der Waals surface area contributed by atoms with Gasteiger partial charge in [-0.25, -0.2) is 4.79 Å². The molecule has 0 spiro atoms. The quantitative estimate of drug-likeness (QED) is 0.778. The van der Waals surface area contributed by atoms with Crippen LogP contribution < -0.4 is 0 Å². The number of nitrogens with zero attached hydrogens (tertiary/aromatic N) is 2. The van der Waals surface area contributed by atoms with Crippen LogP contribution in [0.15, 0.2) is 0 Å². The predicted octanol–water partition coefficient (Wildman–Crippen LogP) is 4.35. The number of amides is 1. The van der Waals surface area contributed by atoms with E-state index in [9.17, 15) is 4.79 Å². The molecule has 2 aliphatic rings. The van der Waals surface area contributed by atoms with Crippen molar-refractivity contribution in [1.82, 2.24) is 4.90 Å². The zero-order valence-electron chi connectivity index (χ0n) is 14.3. The van der Waals surface area contributed by atoms with Crippen LogP contribution >= 0.6 is 0 Å². The fraction of sp³-hybridized carbons (Fsp3) is 0.889. The summed E-state index contributed by atoms with van der Waals surface area (Å²) in [6.45, 7) is 7.25. The first kappa shape index (κ1) is 17.1. The zero-order valence-corrected chi connectivity index (χ0v) is 14.3. The van der Waals surface area contributed by atoms with Gasteiger partial charge in [-0.1, -0.05) is 25.7 Å². The van der Waals surface area contributed by atoms with E-state index in [1.807, 2.05) is 25.7 Å². The van der Waals surface area contributed by atoms with E-state index in [1.165, 1.54) is 25.7 Å². The van der Waals surface area contributed by atoms with E-state index in [0.29, 0.717) is 18.3 Å². The molecular weight excluding hydrogens is 276 g/mol. The summed E-state index contributed by atoms with van der Waals surface area (Å²) in [6.07, 6.45) is 7.75. The Balaban J connectivity index is 1.87. The average Bonchev–Trinajstić information content (AvgIpc) is 2.97. The molecule has 2 fully saturated rings. The van der Waals surface area contributed by atoms with Crippen molar-refractivity contribution in [1.29, 1.82) is 5.26 Å². The minimum atomic E-state index is -0.429. The fourth-order valence-electron chi connectivity index (χ4n) is 4.05. The lowest BCUT2D eigenvalue weighted by Gasteiger charge is -2.38. The first-order chi connectivity index (χ1) is 10.4. The molecule has 1 heterocycles. The highest BCUT2D eigenvalue weighted by atomic mass is 16.6. The van der Waals surface area contributed by atoms with Crippen molar-refractivity contribution in [2.75, 3.05) is 13.1 Å². The number of rotatable bonds is 3. The van der Waals surface area contributed by atoms with Crippen LogP contribution in [-0.2, 0) is 4.74 Å². The molecule has 4 nitrogen and oxygen atoms in total. The van der Waals surface area contributed by atoms with Crippen LogP contribution in [0.1, 0.15) is 65.7 Å². The maximum atomic E-state index is 12.1. The summed E-state index contributed by atoms with van der Waals surface area (Å²) in [5, 5.41) is 9.16. The van der Waals surface area contributed by atoms with Crippen LogP contribution in [0.2, 0.25) is 0 Å². The molecule has 4 heteroatoms. The molecule has 0 aromatic heterocycles. The zero-order chi connectivity index (χ0) is 16.2. The summed E-state index contributed by atoms with van der Waals surface area (Å²) < 4.78 is 5.45. The van der Waals surface area contributed by atoms with Crippen molar-refractivity contribution in [3.05, 3.63) is 0 Å². The number of carbonyl (C=O) groups is 1. The van der Waals surface area contributed by atoms with E-state index >= 15 is 0 Å². The first-order valence-corrected chi connectivity index (χ1v) is 8.75. The number of hydrogen-bond acceptors (Lipinski definition) is 3. The van der Waals surface area contributed by atoms with Crippen LogP contribution in [0.25, 0.3) is 0 Å². The molecule has 0 aromatic rings. The van der Waals surface area contributed by atoms with Gasteiger partial charge in [-0.3, -0.25) is 0 Å². The van der Waals surface area contributed by atoms with Crippen LogP contribution in [0.3, 0.4) is 0 Å². The molecule has 0 unspecified atom stereocenters. The van der Waals surface area contributed by atoms with E-state index in [-0.39, 0.29) is 6.09 Å². The van der Waals surface area contributed by atoms with Crippen molar-refractivity contribution in [3.63, 3.8) is 0 Å². The molecule has 1 saturated carbocycles. The van der Waals surface area contributed by atoms with Gasteiger partial charge >= 0.3 is 6.09 Å². The average molecular weight is 306 g/mol. The first-order valence-electron chi connectivity index (χ1n) is 8.75. The normalized spacial score (nSPS) is 22.4. The summed E-state index contributed by atoms with van der Waals surface area (Å²) in [4.78, 5) is 14.0. The lowest BCUT2D eigenvalue weighted by molar-refractivity contribution is 0.0142. The Morgan fingerprint density at radius 1 is 1.18 bits per heavy atom. The molecule has 1 aliphatic carbocycles. The van der Waals surface area contributed by atoms with Gasteiger partial charge in [0.1, 0.15) is 5.60 Å². The van der Waals surface area contributed by atoms with Gasteiger partial charge in [0, 0.05) is 19.5 Å². The lowest BCUT2D eigenvalue weighted by Crippen LogP contribution is -2.43. The van der Waals surface area contributed by atoms with E-state index in [0.717, 1.165) is 31.8 Å². The highest BCUT2D eigenvalue weighted by Gasteiger charge is 2.35. The SMILES string of the molecule is CC(C)(C)OC(=O)N1CCC([C@@H](CC#N)C2CCCC2)CC1. The second-order valence-electron chi connectivity index (χ2n) is 7.88. The second-order valence-corrected chi connectivity index (χ2v) is 7.88. The molecule has 1 atom stereocenters. The molecule has 0 bridgehead atoms. The monoisotopic (exact) mass is 306 g/mol. The standard InChI is InChI=1S/C18H30N2O2/c1-18(2,3)22-17(21)20-12-9-15(10-13-20)16(8-11-19)14-6-4-5-7-14/h14-16H,4-10,12-13H2,1-3H3/t16-/m0/s1. The summed E-state index contributed by atoms with van der Waals surface area (Å²) in [7, 11) is 0. The Morgan fingerprint density at radius 3 is 2.23 bits per heavy atom. The Labute approximate surface area is 134 Å².